The second-order valence-corrected chi connectivity index (χ2v) is 5.28. The number of benzene rings is 1. The van der Waals surface area contributed by atoms with Gasteiger partial charge in [0.2, 0.25) is 0 Å². The lowest BCUT2D eigenvalue weighted by Gasteiger charge is -2.13. The molecule has 1 aromatic carbocycles. The van der Waals surface area contributed by atoms with Crippen molar-refractivity contribution < 1.29 is 9.53 Å². The quantitative estimate of drug-likeness (QED) is 0.874. The van der Waals surface area contributed by atoms with E-state index in [-0.39, 0.29) is 5.97 Å². The van der Waals surface area contributed by atoms with Crippen molar-refractivity contribution in [1.29, 1.82) is 0 Å². The number of hydrogen-bond acceptors (Lipinski definition) is 4. The number of pyridine rings is 1. The van der Waals surface area contributed by atoms with Gasteiger partial charge in [-0.05, 0) is 38.0 Å². The maximum atomic E-state index is 12.1. The number of aromatic nitrogens is 1. The van der Waals surface area contributed by atoms with E-state index in [9.17, 15) is 4.79 Å². The van der Waals surface area contributed by atoms with Crippen molar-refractivity contribution in [2.24, 2.45) is 0 Å². The molecule has 3 rings (SSSR count). The number of nitrogens with one attached hydrogen (secondary N) is 1. The zero-order valence-electron chi connectivity index (χ0n) is 11.1. The molecule has 1 saturated carbocycles. The Balaban J connectivity index is 2.14. The molecule has 0 spiro atoms. The van der Waals surface area contributed by atoms with Crippen molar-refractivity contribution in [1.82, 2.24) is 4.98 Å². The highest BCUT2D eigenvalue weighted by Gasteiger charge is 2.25. The average molecular weight is 291 g/mol. The van der Waals surface area contributed by atoms with Crippen molar-refractivity contribution in [2.75, 3.05) is 11.9 Å². The number of anilines is 1. The Morgan fingerprint density at radius 1 is 1.50 bits per heavy atom. The van der Waals surface area contributed by atoms with Crippen LogP contribution >= 0.6 is 11.6 Å². The fourth-order valence-electron chi connectivity index (χ4n) is 2.12. The number of carbonyl (C=O) groups is 1. The lowest BCUT2D eigenvalue weighted by atomic mass is 10.1. The topological polar surface area (TPSA) is 51.2 Å². The minimum absolute atomic E-state index is 0.343. The Bertz CT molecular complexity index is 668. The van der Waals surface area contributed by atoms with Crippen LogP contribution in [-0.2, 0) is 4.74 Å². The van der Waals surface area contributed by atoms with E-state index in [0.29, 0.717) is 23.2 Å². The van der Waals surface area contributed by atoms with Gasteiger partial charge in [-0.1, -0.05) is 11.6 Å². The van der Waals surface area contributed by atoms with Gasteiger partial charge in [-0.15, -0.1) is 0 Å². The van der Waals surface area contributed by atoms with Gasteiger partial charge in [0.15, 0.2) is 0 Å². The van der Waals surface area contributed by atoms with Crippen LogP contribution in [0.2, 0.25) is 5.02 Å². The number of rotatable bonds is 4. The second-order valence-electron chi connectivity index (χ2n) is 4.85. The van der Waals surface area contributed by atoms with E-state index >= 15 is 0 Å². The van der Waals surface area contributed by atoms with Crippen molar-refractivity contribution in [3.63, 3.8) is 0 Å². The number of carbonyl (C=O) groups excluding carboxylic acids is 1. The van der Waals surface area contributed by atoms with Crippen molar-refractivity contribution in [3.8, 4) is 0 Å². The summed E-state index contributed by atoms with van der Waals surface area (Å²) in [4.78, 5) is 16.4. The maximum Gasteiger partial charge on any atom is 0.341 e. The average Bonchev–Trinajstić information content (AvgIpc) is 3.23. The molecule has 0 aliphatic heterocycles. The van der Waals surface area contributed by atoms with E-state index in [0.717, 1.165) is 29.4 Å². The normalized spacial score (nSPS) is 14.3. The zero-order chi connectivity index (χ0) is 14.1. The SMILES string of the molecule is CCOC(=O)c1cnc2ccc(Cl)cc2c1NC1CC1. The predicted octanol–water partition coefficient (Wildman–Crippen LogP) is 3.64. The summed E-state index contributed by atoms with van der Waals surface area (Å²) in [5, 5.41) is 4.88. The molecule has 1 aliphatic carbocycles. The molecule has 1 fully saturated rings. The third-order valence-corrected chi connectivity index (χ3v) is 3.49. The summed E-state index contributed by atoms with van der Waals surface area (Å²) in [7, 11) is 0. The standard InChI is InChI=1S/C15H15ClN2O2/c1-2-20-15(19)12-8-17-13-6-3-9(16)7-11(13)14(12)18-10-4-5-10/h3,6-8,10H,2,4-5H2,1H3,(H,17,18). The van der Waals surface area contributed by atoms with Crippen LogP contribution in [0.15, 0.2) is 24.4 Å². The number of hydrogen-bond donors (Lipinski definition) is 1. The van der Waals surface area contributed by atoms with E-state index in [2.05, 4.69) is 10.3 Å². The summed E-state index contributed by atoms with van der Waals surface area (Å²) in [6.07, 6.45) is 3.80. The maximum absolute atomic E-state index is 12.1. The van der Waals surface area contributed by atoms with Gasteiger partial charge in [0, 0.05) is 22.6 Å². The van der Waals surface area contributed by atoms with Crippen LogP contribution in [0.3, 0.4) is 0 Å². The number of nitrogens with zero attached hydrogens (tertiary/aromatic N) is 1. The molecule has 0 saturated heterocycles. The molecule has 0 bridgehead atoms. The lowest BCUT2D eigenvalue weighted by molar-refractivity contribution is 0.0527. The van der Waals surface area contributed by atoms with Crippen LogP contribution in [0.4, 0.5) is 5.69 Å². The Morgan fingerprint density at radius 3 is 3.00 bits per heavy atom. The van der Waals surface area contributed by atoms with Crippen LogP contribution in [0, 0.1) is 0 Å². The van der Waals surface area contributed by atoms with Crippen LogP contribution in [0.25, 0.3) is 10.9 Å². The molecule has 5 heteroatoms. The molecule has 0 unspecified atom stereocenters. The summed E-state index contributed by atoms with van der Waals surface area (Å²) in [6.45, 7) is 2.13. The lowest BCUT2D eigenvalue weighted by Crippen LogP contribution is -2.12. The van der Waals surface area contributed by atoms with Gasteiger partial charge in [0.25, 0.3) is 0 Å². The number of ether oxygens (including phenoxy) is 1. The smallest absolute Gasteiger partial charge is 0.341 e. The highest BCUT2D eigenvalue weighted by molar-refractivity contribution is 6.31. The molecule has 1 aliphatic rings. The Labute approximate surface area is 122 Å². The van der Waals surface area contributed by atoms with Gasteiger partial charge in [0.1, 0.15) is 5.56 Å². The fourth-order valence-corrected chi connectivity index (χ4v) is 2.29. The molecule has 20 heavy (non-hydrogen) atoms. The molecular formula is C15H15ClN2O2. The van der Waals surface area contributed by atoms with Gasteiger partial charge in [-0.3, -0.25) is 4.98 Å². The van der Waals surface area contributed by atoms with Crippen LogP contribution in [0.5, 0.6) is 0 Å². The third-order valence-electron chi connectivity index (χ3n) is 3.25. The highest BCUT2D eigenvalue weighted by atomic mass is 35.5. The molecule has 4 nitrogen and oxygen atoms in total. The summed E-state index contributed by atoms with van der Waals surface area (Å²) in [5.41, 5.74) is 2.05. The van der Waals surface area contributed by atoms with Gasteiger partial charge in [0.05, 0.1) is 17.8 Å². The highest BCUT2D eigenvalue weighted by Crippen LogP contribution is 2.33. The van der Waals surface area contributed by atoms with Crippen LogP contribution in [-0.4, -0.2) is 23.6 Å². The van der Waals surface area contributed by atoms with Crippen molar-refractivity contribution >= 4 is 34.2 Å². The minimum atomic E-state index is -0.356. The summed E-state index contributed by atoms with van der Waals surface area (Å²) < 4.78 is 5.10. The van der Waals surface area contributed by atoms with Crippen molar-refractivity contribution in [3.05, 3.63) is 35.0 Å². The van der Waals surface area contributed by atoms with Gasteiger partial charge >= 0.3 is 5.97 Å². The fraction of sp³-hybridized carbons (Fsp3) is 0.333. The molecule has 1 aromatic heterocycles. The summed E-state index contributed by atoms with van der Waals surface area (Å²) in [6, 6.07) is 5.90. The Hall–Kier alpha value is -1.81. The molecule has 1 N–H and O–H groups in total. The van der Waals surface area contributed by atoms with E-state index in [1.54, 1.807) is 19.2 Å². The van der Waals surface area contributed by atoms with E-state index in [4.69, 9.17) is 16.3 Å². The summed E-state index contributed by atoms with van der Waals surface area (Å²) in [5.74, 6) is -0.356. The summed E-state index contributed by atoms with van der Waals surface area (Å²) >= 11 is 6.06. The Kier molecular flexibility index (Phi) is 3.49. The molecule has 1 heterocycles. The first kappa shape index (κ1) is 13.2. The van der Waals surface area contributed by atoms with E-state index in [1.807, 2.05) is 12.1 Å². The van der Waals surface area contributed by atoms with Gasteiger partial charge < -0.3 is 10.1 Å². The molecule has 2 aromatic rings. The number of halogens is 1. The zero-order valence-corrected chi connectivity index (χ0v) is 11.9. The largest absolute Gasteiger partial charge is 0.462 e. The molecule has 0 radical (unpaired) electrons. The second kappa shape index (κ2) is 5.29. The molecule has 0 amide bonds. The number of esters is 1. The van der Waals surface area contributed by atoms with Crippen molar-refractivity contribution in [2.45, 2.75) is 25.8 Å². The first-order valence-corrected chi connectivity index (χ1v) is 7.08. The first-order valence-electron chi connectivity index (χ1n) is 6.71. The monoisotopic (exact) mass is 290 g/mol. The van der Waals surface area contributed by atoms with E-state index < -0.39 is 0 Å². The van der Waals surface area contributed by atoms with Gasteiger partial charge in [-0.25, -0.2) is 4.79 Å². The van der Waals surface area contributed by atoms with Gasteiger partial charge in [-0.2, -0.15) is 0 Å². The molecule has 0 atom stereocenters. The third kappa shape index (κ3) is 2.56. The predicted molar refractivity (Wildman–Crippen MR) is 79.4 cm³/mol. The van der Waals surface area contributed by atoms with E-state index in [1.165, 1.54) is 0 Å². The van der Waals surface area contributed by atoms with Crippen LogP contribution < -0.4 is 5.32 Å². The minimum Gasteiger partial charge on any atom is -0.462 e. The Morgan fingerprint density at radius 2 is 2.30 bits per heavy atom. The molecular weight excluding hydrogens is 276 g/mol. The number of fused-ring (bicyclic) bond motifs is 1. The first-order chi connectivity index (χ1) is 9.69. The molecule has 104 valence electrons. The van der Waals surface area contributed by atoms with Crippen LogP contribution in [0.1, 0.15) is 30.1 Å².